The van der Waals surface area contributed by atoms with Crippen LogP contribution in [-0.4, -0.2) is 22.4 Å². The Kier molecular flexibility index (Phi) is 3.14. The second-order valence-corrected chi connectivity index (χ2v) is 4.55. The number of allylic oxidation sites excluding steroid dienone is 1. The summed E-state index contributed by atoms with van der Waals surface area (Å²) in [6.45, 7) is 7.86. The normalized spacial score (nSPS) is 40.3. The molecule has 3 atom stereocenters. The summed E-state index contributed by atoms with van der Waals surface area (Å²) in [5.74, 6) is 0.500. The van der Waals surface area contributed by atoms with Crippen molar-refractivity contribution in [3.05, 3.63) is 12.2 Å². The van der Waals surface area contributed by atoms with E-state index < -0.39 is 5.60 Å². The van der Waals surface area contributed by atoms with E-state index in [0.29, 0.717) is 5.92 Å². The molecule has 0 aromatic heterocycles. The fraction of sp³-hybridized carbons (Fsp3) is 0.818. The summed E-state index contributed by atoms with van der Waals surface area (Å²) in [6, 6.07) is 0. The van der Waals surface area contributed by atoms with E-state index in [2.05, 4.69) is 6.58 Å². The zero-order valence-electron chi connectivity index (χ0n) is 8.58. The summed E-state index contributed by atoms with van der Waals surface area (Å²) >= 11 is 0. The first-order valence-electron chi connectivity index (χ1n) is 4.96. The molecule has 0 aromatic rings. The van der Waals surface area contributed by atoms with Crippen LogP contribution in [0.4, 0.5) is 0 Å². The van der Waals surface area contributed by atoms with Gasteiger partial charge in [-0.1, -0.05) is 12.2 Å². The third-order valence-electron chi connectivity index (χ3n) is 3.36. The highest BCUT2D eigenvalue weighted by Crippen LogP contribution is 2.38. The first-order chi connectivity index (χ1) is 5.97. The van der Waals surface area contributed by atoms with Crippen LogP contribution in [0.25, 0.3) is 0 Å². The fourth-order valence-corrected chi connectivity index (χ4v) is 2.10. The molecule has 1 fully saturated rings. The molecule has 1 saturated carbocycles. The zero-order valence-corrected chi connectivity index (χ0v) is 8.58. The Bertz CT molecular complexity index is 196. The van der Waals surface area contributed by atoms with Crippen LogP contribution in [-0.2, 0) is 0 Å². The van der Waals surface area contributed by atoms with Crippen molar-refractivity contribution in [1.82, 2.24) is 0 Å². The lowest BCUT2D eigenvalue weighted by Gasteiger charge is -2.40. The molecule has 13 heavy (non-hydrogen) atoms. The standard InChI is InChI=1S/C11H20O2/c1-8(2)9-4-5-11(3,13)10(6-9)7-12/h9-10,12-13H,1,4-7H2,2-3H3/t9-,10-,11+/m1/s1. The van der Waals surface area contributed by atoms with Crippen molar-refractivity contribution in [2.75, 3.05) is 6.61 Å². The molecule has 0 saturated heterocycles. The van der Waals surface area contributed by atoms with Gasteiger partial charge in [0.15, 0.2) is 0 Å². The van der Waals surface area contributed by atoms with Gasteiger partial charge >= 0.3 is 0 Å². The maximum atomic E-state index is 9.94. The third-order valence-corrected chi connectivity index (χ3v) is 3.36. The van der Waals surface area contributed by atoms with Crippen molar-refractivity contribution in [3.63, 3.8) is 0 Å². The maximum Gasteiger partial charge on any atom is 0.0670 e. The van der Waals surface area contributed by atoms with Crippen molar-refractivity contribution >= 4 is 0 Å². The van der Waals surface area contributed by atoms with Gasteiger partial charge in [0.1, 0.15) is 0 Å². The van der Waals surface area contributed by atoms with Crippen LogP contribution < -0.4 is 0 Å². The Morgan fingerprint density at radius 3 is 2.69 bits per heavy atom. The molecular weight excluding hydrogens is 164 g/mol. The Labute approximate surface area is 80.3 Å². The summed E-state index contributed by atoms with van der Waals surface area (Å²) in [4.78, 5) is 0. The molecule has 2 N–H and O–H groups in total. The zero-order chi connectivity index (χ0) is 10.1. The second kappa shape index (κ2) is 3.81. The van der Waals surface area contributed by atoms with Gasteiger partial charge in [-0.05, 0) is 39.0 Å². The van der Waals surface area contributed by atoms with Gasteiger partial charge in [0.2, 0.25) is 0 Å². The largest absolute Gasteiger partial charge is 0.396 e. The SMILES string of the molecule is C=C(C)[C@@H]1CC[C@](C)(O)[C@@H](CO)C1. The van der Waals surface area contributed by atoms with Gasteiger partial charge in [-0.2, -0.15) is 0 Å². The van der Waals surface area contributed by atoms with E-state index in [-0.39, 0.29) is 12.5 Å². The molecule has 0 aliphatic heterocycles. The lowest BCUT2D eigenvalue weighted by molar-refractivity contribution is -0.0615. The van der Waals surface area contributed by atoms with E-state index in [9.17, 15) is 5.11 Å². The highest BCUT2D eigenvalue weighted by atomic mass is 16.3. The Hall–Kier alpha value is -0.340. The van der Waals surface area contributed by atoms with Gasteiger partial charge in [0.25, 0.3) is 0 Å². The predicted molar refractivity (Wildman–Crippen MR) is 53.4 cm³/mol. The van der Waals surface area contributed by atoms with E-state index in [4.69, 9.17) is 5.11 Å². The Morgan fingerprint density at radius 1 is 1.62 bits per heavy atom. The molecule has 2 nitrogen and oxygen atoms in total. The van der Waals surface area contributed by atoms with E-state index in [1.54, 1.807) is 0 Å². The van der Waals surface area contributed by atoms with Crippen LogP contribution in [0, 0.1) is 11.8 Å². The first-order valence-corrected chi connectivity index (χ1v) is 4.96. The molecular formula is C11H20O2. The molecule has 0 spiro atoms. The third kappa shape index (κ3) is 2.32. The van der Waals surface area contributed by atoms with E-state index in [1.807, 2.05) is 13.8 Å². The summed E-state index contributed by atoms with van der Waals surface area (Å²) < 4.78 is 0. The second-order valence-electron chi connectivity index (χ2n) is 4.55. The molecule has 2 heteroatoms. The van der Waals surface area contributed by atoms with E-state index in [0.717, 1.165) is 19.3 Å². The monoisotopic (exact) mass is 184 g/mol. The van der Waals surface area contributed by atoms with Gasteiger partial charge in [0.05, 0.1) is 5.60 Å². The molecule has 1 aliphatic carbocycles. The highest BCUT2D eigenvalue weighted by molar-refractivity contribution is 5.02. The van der Waals surface area contributed by atoms with Gasteiger partial charge in [-0.3, -0.25) is 0 Å². The average Bonchev–Trinajstić information content (AvgIpc) is 2.03. The van der Waals surface area contributed by atoms with Gasteiger partial charge in [0, 0.05) is 12.5 Å². The lowest BCUT2D eigenvalue weighted by atomic mass is 9.70. The predicted octanol–water partition coefficient (Wildman–Crippen LogP) is 1.72. The van der Waals surface area contributed by atoms with Crippen LogP contribution >= 0.6 is 0 Å². The molecule has 0 bridgehead atoms. The number of rotatable bonds is 2. The van der Waals surface area contributed by atoms with Crippen molar-refractivity contribution in [2.24, 2.45) is 11.8 Å². The number of hydrogen-bond acceptors (Lipinski definition) is 2. The van der Waals surface area contributed by atoms with Crippen LogP contribution in [0.3, 0.4) is 0 Å². The van der Waals surface area contributed by atoms with Crippen molar-refractivity contribution < 1.29 is 10.2 Å². The van der Waals surface area contributed by atoms with Crippen LogP contribution in [0.1, 0.15) is 33.1 Å². The van der Waals surface area contributed by atoms with E-state index >= 15 is 0 Å². The molecule has 1 rings (SSSR count). The topological polar surface area (TPSA) is 40.5 Å². The lowest BCUT2D eigenvalue weighted by Crippen LogP contribution is -2.42. The van der Waals surface area contributed by atoms with Gasteiger partial charge < -0.3 is 10.2 Å². The minimum Gasteiger partial charge on any atom is -0.396 e. The molecule has 0 amide bonds. The highest BCUT2D eigenvalue weighted by Gasteiger charge is 2.37. The number of aliphatic hydroxyl groups is 2. The minimum atomic E-state index is -0.680. The molecule has 0 radical (unpaired) electrons. The fourth-order valence-electron chi connectivity index (χ4n) is 2.10. The Morgan fingerprint density at radius 2 is 2.23 bits per heavy atom. The molecule has 1 aliphatic rings. The first kappa shape index (κ1) is 10.7. The van der Waals surface area contributed by atoms with Gasteiger partial charge in [-0.25, -0.2) is 0 Å². The average molecular weight is 184 g/mol. The Balaban J connectivity index is 2.63. The smallest absolute Gasteiger partial charge is 0.0670 e. The van der Waals surface area contributed by atoms with Crippen LogP contribution in [0.5, 0.6) is 0 Å². The minimum absolute atomic E-state index is 0.0166. The number of aliphatic hydroxyl groups excluding tert-OH is 1. The van der Waals surface area contributed by atoms with E-state index in [1.165, 1.54) is 5.57 Å². The summed E-state index contributed by atoms with van der Waals surface area (Å²) in [6.07, 6.45) is 2.65. The quantitative estimate of drug-likeness (QED) is 0.641. The van der Waals surface area contributed by atoms with Gasteiger partial charge in [-0.15, -0.1) is 0 Å². The molecule has 0 heterocycles. The van der Waals surface area contributed by atoms with Crippen LogP contribution in [0.2, 0.25) is 0 Å². The summed E-state index contributed by atoms with van der Waals surface area (Å²) in [5, 5.41) is 19.1. The number of hydrogen-bond donors (Lipinski definition) is 2. The summed E-state index contributed by atoms with van der Waals surface area (Å²) in [7, 11) is 0. The van der Waals surface area contributed by atoms with Crippen molar-refractivity contribution in [3.8, 4) is 0 Å². The van der Waals surface area contributed by atoms with Crippen molar-refractivity contribution in [2.45, 2.75) is 38.7 Å². The molecule has 0 unspecified atom stereocenters. The maximum absolute atomic E-state index is 9.94. The van der Waals surface area contributed by atoms with Crippen molar-refractivity contribution in [1.29, 1.82) is 0 Å². The van der Waals surface area contributed by atoms with Crippen LogP contribution in [0.15, 0.2) is 12.2 Å². The molecule has 0 aromatic carbocycles. The molecule has 76 valence electrons. The summed E-state index contributed by atoms with van der Waals surface area (Å²) in [5.41, 5.74) is 0.495.